The first kappa shape index (κ1) is 23.2. The van der Waals surface area contributed by atoms with Gasteiger partial charge in [0, 0.05) is 23.7 Å². The number of aromatic amines is 1. The van der Waals surface area contributed by atoms with E-state index in [1.165, 1.54) is 0 Å². The summed E-state index contributed by atoms with van der Waals surface area (Å²) >= 11 is 0. The van der Waals surface area contributed by atoms with Crippen molar-refractivity contribution in [3.8, 4) is 5.75 Å². The number of rotatable bonds is 6. The average molecular weight is 478 g/mol. The summed E-state index contributed by atoms with van der Waals surface area (Å²) in [5.41, 5.74) is 3.56. The molecule has 0 bridgehead atoms. The number of amides is 2. The number of hydrogen-bond donors (Lipinski definition) is 4. The van der Waals surface area contributed by atoms with Crippen LogP contribution in [-0.2, 0) is 9.59 Å². The summed E-state index contributed by atoms with van der Waals surface area (Å²) in [6.07, 6.45) is 3.66. The Bertz CT molecular complexity index is 1320. The summed E-state index contributed by atoms with van der Waals surface area (Å²) < 4.78 is 7.13. The van der Waals surface area contributed by atoms with Crippen molar-refractivity contribution in [2.45, 2.75) is 51.1 Å². The van der Waals surface area contributed by atoms with E-state index < -0.39 is 0 Å². The minimum Gasteiger partial charge on any atom is -0.496 e. The van der Waals surface area contributed by atoms with Gasteiger partial charge in [-0.2, -0.15) is 0 Å². The van der Waals surface area contributed by atoms with E-state index in [-0.39, 0.29) is 35.5 Å². The number of para-hydroxylation sites is 1. The second kappa shape index (κ2) is 9.58. The van der Waals surface area contributed by atoms with Gasteiger partial charge in [-0.15, -0.1) is 0 Å². The molecule has 1 saturated heterocycles. The summed E-state index contributed by atoms with van der Waals surface area (Å²) in [4.78, 5) is 41.1. The molecular weight excluding hydrogens is 446 g/mol. The number of methoxy groups -OCH3 is 1. The van der Waals surface area contributed by atoms with Crippen molar-refractivity contribution in [2.24, 2.45) is 5.92 Å². The smallest absolute Gasteiger partial charge is 0.326 e. The summed E-state index contributed by atoms with van der Waals surface area (Å²) in [6, 6.07) is 11.0. The lowest BCUT2D eigenvalue weighted by Crippen LogP contribution is -2.50. The monoisotopic (exact) mass is 477 g/mol. The molecule has 1 atom stereocenters. The number of nitrogens with one attached hydrogen (secondary N) is 4. The number of H-pyrrole nitrogens is 1. The Morgan fingerprint density at radius 1 is 1.03 bits per heavy atom. The fraction of sp³-hybridized carbons (Fsp3) is 0.423. The number of benzene rings is 2. The molecule has 2 aromatic carbocycles. The lowest BCUT2D eigenvalue weighted by molar-refractivity contribution is -0.121. The van der Waals surface area contributed by atoms with Crippen molar-refractivity contribution in [1.29, 1.82) is 0 Å². The van der Waals surface area contributed by atoms with Crippen LogP contribution in [0.5, 0.6) is 5.75 Å². The van der Waals surface area contributed by atoms with Gasteiger partial charge in [0.15, 0.2) is 0 Å². The Morgan fingerprint density at radius 3 is 2.49 bits per heavy atom. The maximum Gasteiger partial charge on any atom is 0.326 e. The van der Waals surface area contributed by atoms with Crippen LogP contribution in [0.25, 0.3) is 11.0 Å². The van der Waals surface area contributed by atoms with E-state index in [2.05, 4.69) is 20.9 Å². The van der Waals surface area contributed by atoms with Crippen LogP contribution in [0.15, 0.2) is 41.2 Å². The van der Waals surface area contributed by atoms with Gasteiger partial charge in [0.05, 0.1) is 29.9 Å². The van der Waals surface area contributed by atoms with E-state index in [1.54, 1.807) is 17.7 Å². The van der Waals surface area contributed by atoms with Crippen LogP contribution in [0.4, 0.5) is 11.4 Å². The van der Waals surface area contributed by atoms with Crippen molar-refractivity contribution in [3.63, 3.8) is 0 Å². The van der Waals surface area contributed by atoms with Crippen LogP contribution in [-0.4, -0.2) is 41.1 Å². The maximum absolute atomic E-state index is 12.9. The topological polar surface area (TPSA) is 117 Å². The number of aryl methyl sites for hydroxylation is 1. The Balaban J connectivity index is 1.27. The molecule has 2 amide bonds. The quantitative estimate of drug-likeness (QED) is 0.435. The third-order valence-corrected chi connectivity index (χ3v) is 7.26. The van der Waals surface area contributed by atoms with Gasteiger partial charge in [-0.3, -0.25) is 14.2 Å². The molecule has 0 unspecified atom stereocenters. The molecular formula is C26H31N5O4. The van der Waals surface area contributed by atoms with Gasteiger partial charge in [0.2, 0.25) is 11.8 Å². The van der Waals surface area contributed by atoms with Crippen molar-refractivity contribution in [1.82, 2.24) is 14.9 Å². The van der Waals surface area contributed by atoms with Crippen LogP contribution in [0, 0.1) is 12.8 Å². The highest BCUT2D eigenvalue weighted by molar-refractivity contribution is 6.02. The normalized spacial score (nSPS) is 21.8. The number of aromatic nitrogens is 2. The Labute approximate surface area is 203 Å². The Hall–Kier alpha value is -3.59. The summed E-state index contributed by atoms with van der Waals surface area (Å²) in [5.74, 6) is 0.541. The summed E-state index contributed by atoms with van der Waals surface area (Å²) in [5, 5.41) is 9.04. The standard InChI is InChI=1S/C26H31N5O4/c1-15-6-9-17(14-22(15)35-2)28-24(32)16-7-10-18(11-8-16)31-21-5-3-4-19(23(21)30-26(31)34)29-25(33)20-12-13-27-20/h3-6,9,14,16,18,20,27H,7-8,10-13H2,1-2H3,(H,28,32)(H,29,33)(H,30,34)/t16-,18+,20-/m0/s1. The van der Waals surface area contributed by atoms with Crippen LogP contribution >= 0.6 is 0 Å². The van der Waals surface area contributed by atoms with Crippen molar-refractivity contribution in [2.75, 3.05) is 24.3 Å². The van der Waals surface area contributed by atoms with E-state index in [9.17, 15) is 14.4 Å². The van der Waals surface area contributed by atoms with Crippen LogP contribution in [0.3, 0.4) is 0 Å². The number of anilines is 2. The first-order chi connectivity index (χ1) is 16.9. The third kappa shape index (κ3) is 4.55. The second-order valence-corrected chi connectivity index (χ2v) is 9.46. The molecule has 1 aliphatic heterocycles. The van der Waals surface area contributed by atoms with Crippen LogP contribution < -0.4 is 26.4 Å². The summed E-state index contributed by atoms with van der Waals surface area (Å²) in [6.45, 7) is 2.80. The minimum atomic E-state index is -0.192. The van der Waals surface area contributed by atoms with Crippen molar-refractivity contribution < 1.29 is 14.3 Å². The van der Waals surface area contributed by atoms with Gasteiger partial charge in [0.1, 0.15) is 5.75 Å². The molecule has 1 saturated carbocycles. The molecule has 5 rings (SSSR count). The number of imidazole rings is 1. The van der Waals surface area contributed by atoms with Crippen molar-refractivity contribution in [3.05, 3.63) is 52.4 Å². The largest absolute Gasteiger partial charge is 0.496 e. The zero-order valence-corrected chi connectivity index (χ0v) is 20.0. The van der Waals surface area contributed by atoms with Gasteiger partial charge in [-0.1, -0.05) is 12.1 Å². The molecule has 2 aliphatic rings. The molecule has 0 radical (unpaired) electrons. The predicted octanol–water partition coefficient (Wildman–Crippen LogP) is 3.32. The zero-order valence-electron chi connectivity index (χ0n) is 20.0. The number of hydrogen-bond acceptors (Lipinski definition) is 5. The molecule has 35 heavy (non-hydrogen) atoms. The number of fused-ring (bicyclic) bond motifs is 1. The average Bonchev–Trinajstić information content (AvgIpc) is 3.16. The molecule has 2 heterocycles. The van der Waals surface area contributed by atoms with Gasteiger partial charge in [-0.05, 0) is 69.3 Å². The molecule has 4 N–H and O–H groups in total. The third-order valence-electron chi connectivity index (χ3n) is 7.26. The minimum absolute atomic E-state index is 0.000908. The molecule has 184 valence electrons. The molecule has 3 aromatic rings. The number of carbonyl (C=O) groups excluding carboxylic acids is 2. The Kier molecular flexibility index (Phi) is 6.34. The van der Waals surface area contributed by atoms with E-state index in [1.807, 2.05) is 37.3 Å². The van der Waals surface area contributed by atoms with E-state index in [0.717, 1.165) is 48.3 Å². The molecule has 0 spiro atoms. The highest BCUT2D eigenvalue weighted by Crippen LogP contribution is 2.35. The molecule has 1 aromatic heterocycles. The lowest BCUT2D eigenvalue weighted by atomic mass is 9.85. The molecule has 9 nitrogen and oxygen atoms in total. The fourth-order valence-electron chi connectivity index (χ4n) is 5.09. The highest BCUT2D eigenvalue weighted by Gasteiger charge is 2.30. The van der Waals surface area contributed by atoms with E-state index in [0.29, 0.717) is 24.0 Å². The number of nitrogens with zero attached hydrogens (tertiary/aromatic N) is 1. The van der Waals surface area contributed by atoms with Gasteiger partial charge >= 0.3 is 5.69 Å². The van der Waals surface area contributed by atoms with Gasteiger partial charge in [-0.25, -0.2) is 4.79 Å². The second-order valence-electron chi connectivity index (χ2n) is 9.46. The Morgan fingerprint density at radius 2 is 1.80 bits per heavy atom. The SMILES string of the molecule is COc1cc(NC(=O)[C@H]2CC[C@@H](n3c(=O)[nH]c4c(NC(=O)[C@@H]5CCN5)cccc43)CC2)ccc1C. The lowest BCUT2D eigenvalue weighted by Gasteiger charge is -2.28. The zero-order chi connectivity index (χ0) is 24.5. The highest BCUT2D eigenvalue weighted by atomic mass is 16.5. The van der Waals surface area contributed by atoms with Gasteiger partial charge in [0.25, 0.3) is 0 Å². The van der Waals surface area contributed by atoms with E-state index >= 15 is 0 Å². The van der Waals surface area contributed by atoms with E-state index in [4.69, 9.17) is 4.74 Å². The summed E-state index contributed by atoms with van der Waals surface area (Å²) in [7, 11) is 1.62. The molecule has 1 aliphatic carbocycles. The van der Waals surface area contributed by atoms with Crippen LogP contribution in [0.2, 0.25) is 0 Å². The van der Waals surface area contributed by atoms with Crippen LogP contribution in [0.1, 0.15) is 43.7 Å². The van der Waals surface area contributed by atoms with Gasteiger partial charge < -0.3 is 25.7 Å². The predicted molar refractivity (Wildman–Crippen MR) is 135 cm³/mol. The number of ether oxygens (including phenoxy) is 1. The van der Waals surface area contributed by atoms with Crippen molar-refractivity contribution >= 4 is 34.2 Å². The molecule has 2 fully saturated rings. The first-order valence-corrected chi connectivity index (χ1v) is 12.2. The first-order valence-electron chi connectivity index (χ1n) is 12.2. The molecule has 9 heteroatoms. The maximum atomic E-state index is 12.9. The number of carbonyl (C=O) groups is 2. The fourth-order valence-corrected chi connectivity index (χ4v) is 5.09.